The number of allylic oxidation sites excluding steroid dienone is 1. The Morgan fingerprint density at radius 3 is 2.38 bits per heavy atom. The van der Waals surface area contributed by atoms with Gasteiger partial charge < -0.3 is 33.8 Å². The smallest absolute Gasteiger partial charge is 0.379 e. The maximum absolute atomic E-state index is 13.0. The molecule has 1 aliphatic heterocycles. The van der Waals surface area contributed by atoms with Crippen LogP contribution >= 0.6 is 15.9 Å². The highest BCUT2D eigenvalue weighted by atomic mass is 79.9. The molecule has 2 N–H and O–H groups in total. The van der Waals surface area contributed by atoms with E-state index in [1.54, 1.807) is 43.3 Å². The highest BCUT2D eigenvalue weighted by Gasteiger charge is 2.33. The summed E-state index contributed by atoms with van der Waals surface area (Å²) >= 11 is 3.43. The number of esters is 1. The number of fused-ring (bicyclic) bond motifs is 2. The van der Waals surface area contributed by atoms with Gasteiger partial charge in [0, 0.05) is 27.1 Å². The Balaban J connectivity index is 1.53. The molecule has 0 saturated heterocycles. The largest absolute Gasteiger partial charge is 0.493 e. The normalized spacial score (nSPS) is 14.3. The first-order valence-electron chi connectivity index (χ1n) is 11.7. The lowest BCUT2D eigenvalue weighted by Crippen LogP contribution is -2.21. The summed E-state index contributed by atoms with van der Waals surface area (Å²) in [7, 11) is 4.53. The Bertz CT molecular complexity index is 1680. The van der Waals surface area contributed by atoms with Crippen molar-refractivity contribution in [2.75, 3.05) is 21.3 Å². The zero-order chi connectivity index (χ0) is 27.8. The second-order valence-corrected chi connectivity index (χ2v) is 9.58. The van der Waals surface area contributed by atoms with Gasteiger partial charge in [-0.25, -0.2) is 4.79 Å². The summed E-state index contributed by atoms with van der Waals surface area (Å²) in [5.74, 6) is 0.601. The molecule has 0 radical (unpaired) electrons. The molecule has 0 amide bonds. The molecule has 5 rings (SSSR count). The van der Waals surface area contributed by atoms with Gasteiger partial charge in [0.05, 0.1) is 27.2 Å². The van der Waals surface area contributed by atoms with Crippen LogP contribution in [0.3, 0.4) is 0 Å². The van der Waals surface area contributed by atoms with E-state index in [1.165, 1.54) is 21.3 Å². The predicted octanol–water partition coefficient (Wildman–Crippen LogP) is 5.97. The fraction of sp³-hybridized carbons (Fsp3) is 0.172. The van der Waals surface area contributed by atoms with E-state index >= 15 is 0 Å². The van der Waals surface area contributed by atoms with Crippen molar-refractivity contribution in [3.63, 3.8) is 0 Å². The zero-order valence-corrected chi connectivity index (χ0v) is 23.0. The van der Waals surface area contributed by atoms with Gasteiger partial charge in [0.25, 0.3) is 0 Å². The minimum absolute atomic E-state index is 0.0640. The molecule has 2 heterocycles. The molecule has 0 saturated carbocycles. The van der Waals surface area contributed by atoms with Gasteiger partial charge in [-0.15, -0.1) is 0 Å². The molecule has 3 aromatic carbocycles. The Labute approximate surface area is 232 Å². The number of hydrogen-bond donors (Lipinski definition) is 1. The van der Waals surface area contributed by atoms with Crippen LogP contribution in [-0.2, 0) is 0 Å². The molecule has 4 aromatic rings. The van der Waals surface area contributed by atoms with E-state index in [0.29, 0.717) is 45.3 Å². The highest BCUT2D eigenvalue weighted by molar-refractivity contribution is 9.10. The van der Waals surface area contributed by atoms with Crippen molar-refractivity contribution in [3.05, 3.63) is 86.9 Å². The third-order valence-electron chi connectivity index (χ3n) is 6.51. The standard InChI is InChI=1S/C29H23BrN2O7/c1-14-19-11-16(30)5-8-21(19)38-26(14)29(33)37-17-6-7-18-22(12-17)39-28(32)20(13-31)25(18)15-9-23(34-2)27(36-4)24(10-15)35-3/h5-12,25H,32H2,1-4H3. The number of hydrogen-bond acceptors (Lipinski definition) is 9. The monoisotopic (exact) mass is 590 g/mol. The zero-order valence-electron chi connectivity index (χ0n) is 21.5. The predicted molar refractivity (Wildman–Crippen MR) is 145 cm³/mol. The molecule has 10 heteroatoms. The average molecular weight is 591 g/mol. The minimum atomic E-state index is -0.655. The third-order valence-corrected chi connectivity index (χ3v) is 7.00. The van der Waals surface area contributed by atoms with E-state index in [9.17, 15) is 10.1 Å². The molecule has 0 bridgehead atoms. The molecule has 39 heavy (non-hydrogen) atoms. The number of nitrogens with zero attached hydrogens (tertiary/aromatic N) is 1. The number of furan rings is 1. The van der Waals surface area contributed by atoms with Crippen LogP contribution < -0.4 is 29.4 Å². The summed E-state index contributed by atoms with van der Waals surface area (Å²) in [4.78, 5) is 13.0. The molecule has 0 aliphatic carbocycles. The second-order valence-electron chi connectivity index (χ2n) is 8.67. The lowest BCUT2D eigenvalue weighted by molar-refractivity contribution is 0.0702. The van der Waals surface area contributed by atoms with Gasteiger partial charge in [0.15, 0.2) is 11.5 Å². The molecule has 0 fully saturated rings. The Morgan fingerprint density at radius 2 is 1.74 bits per heavy atom. The Hall–Kier alpha value is -4.62. The van der Waals surface area contributed by atoms with Crippen LogP contribution in [-0.4, -0.2) is 27.3 Å². The number of ether oxygens (including phenoxy) is 5. The first-order valence-corrected chi connectivity index (χ1v) is 12.5. The number of rotatable bonds is 6. The average Bonchev–Trinajstić information content (AvgIpc) is 3.26. The number of benzene rings is 3. The summed E-state index contributed by atoms with van der Waals surface area (Å²) in [5, 5.41) is 10.7. The maximum atomic E-state index is 13.0. The van der Waals surface area contributed by atoms with Crippen LogP contribution in [0.1, 0.15) is 33.2 Å². The van der Waals surface area contributed by atoms with Crippen molar-refractivity contribution in [1.29, 1.82) is 5.26 Å². The van der Waals surface area contributed by atoms with Gasteiger partial charge >= 0.3 is 5.97 Å². The third kappa shape index (κ3) is 4.51. The van der Waals surface area contributed by atoms with Crippen molar-refractivity contribution in [2.45, 2.75) is 12.8 Å². The van der Waals surface area contributed by atoms with Crippen LogP contribution in [0.15, 0.2) is 68.9 Å². The number of carbonyl (C=O) groups is 1. The first kappa shape index (κ1) is 26.0. The Kier molecular flexibility index (Phi) is 6.85. The fourth-order valence-electron chi connectivity index (χ4n) is 4.65. The summed E-state index contributed by atoms with van der Waals surface area (Å²) < 4.78 is 34.5. The van der Waals surface area contributed by atoms with Crippen molar-refractivity contribution in [2.24, 2.45) is 5.73 Å². The molecule has 1 unspecified atom stereocenters. The first-order chi connectivity index (χ1) is 18.8. The minimum Gasteiger partial charge on any atom is -0.493 e. The van der Waals surface area contributed by atoms with Crippen LogP contribution in [0.4, 0.5) is 0 Å². The molecule has 198 valence electrons. The number of halogens is 1. The number of carbonyl (C=O) groups excluding carboxylic acids is 1. The van der Waals surface area contributed by atoms with Crippen molar-refractivity contribution in [3.8, 4) is 34.8 Å². The van der Waals surface area contributed by atoms with Crippen LogP contribution in [0.2, 0.25) is 0 Å². The number of methoxy groups -OCH3 is 3. The fourth-order valence-corrected chi connectivity index (χ4v) is 5.01. The lowest BCUT2D eigenvalue weighted by atomic mass is 9.83. The second kappa shape index (κ2) is 10.3. The molecular formula is C29H23BrN2O7. The maximum Gasteiger partial charge on any atom is 0.379 e. The van der Waals surface area contributed by atoms with Gasteiger partial charge in [0.2, 0.25) is 17.4 Å². The van der Waals surface area contributed by atoms with E-state index in [2.05, 4.69) is 22.0 Å². The summed E-state index contributed by atoms with van der Waals surface area (Å²) in [6.45, 7) is 1.79. The molecular weight excluding hydrogens is 568 g/mol. The van der Waals surface area contributed by atoms with E-state index < -0.39 is 11.9 Å². The molecule has 1 atom stereocenters. The van der Waals surface area contributed by atoms with Crippen LogP contribution in [0.5, 0.6) is 28.7 Å². The van der Waals surface area contributed by atoms with Gasteiger partial charge in [-0.3, -0.25) is 0 Å². The van der Waals surface area contributed by atoms with Gasteiger partial charge in [-0.2, -0.15) is 5.26 Å². The summed E-state index contributed by atoms with van der Waals surface area (Å²) in [5.41, 5.74) is 8.93. The molecule has 9 nitrogen and oxygen atoms in total. The van der Waals surface area contributed by atoms with Gasteiger partial charge in [-0.1, -0.05) is 22.0 Å². The quantitative estimate of drug-likeness (QED) is 0.213. The Morgan fingerprint density at radius 1 is 1.03 bits per heavy atom. The highest BCUT2D eigenvalue weighted by Crippen LogP contribution is 2.47. The van der Waals surface area contributed by atoms with E-state index in [-0.39, 0.29) is 23.0 Å². The number of nitriles is 1. The summed E-state index contributed by atoms with van der Waals surface area (Å²) in [6, 6.07) is 16.0. The van der Waals surface area contributed by atoms with Gasteiger partial charge in [-0.05, 0) is 48.9 Å². The number of aryl methyl sites for hydroxylation is 1. The van der Waals surface area contributed by atoms with Crippen molar-refractivity contribution < 1.29 is 32.9 Å². The summed E-state index contributed by atoms with van der Waals surface area (Å²) in [6.07, 6.45) is 0. The SMILES string of the molecule is COc1cc(C2C(C#N)=C(N)Oc3cc(OC(=O)c4oc5ccc(Br)cc5c4C)ccc32)cc(OC)c1OC. The van der Waals surface area contributed by atoms with E-state index in [1.807, 2.05) is 12.1 Å². The van der Waals surface area contributed by atoms with Gasteiger partial charge in [0.1, 0.15) is 28.7 Å². The topological polar surface area (TPSA) is 126 Å². The number of nitrogens with two attached hydrogens (primary N) is 1. The van der Waals surface area contributed by atoms with E-state index in [4.69, 9.17) is 33.8 Å². The molecule has 1 aromatic heterocycles. The van der Waals surface area contributed by atoms with Crippen LogP contribution in [0.25, 0.3) is 11.0 Å². The van der Waals surface area contributed by atoms with E-state index in [0.717, 1.165) is 9.86 Å². The molecule has 0 spiro atoms. The van der Waals surface area contributed by atoms with Crippen LogP contribution in [0, 0.1) is 18.3 Å². The van der Waals surface area contributed by atoms with Crippen molar-refractivity contribution in [1.82, 2.24) is 0 Å². The molecule has 1 aliphatic rings. The van der Waals surface area contributed by atoms with Crippen molar-refractivity contribution >= 4 is 32.9 Å². The lowest BCUT2D eigenvalue weighted by Gasteiger charge is -2.27.